The summed E-state index contributed by atoms with van der Waals surface area (Å²) < 4.78 is 10.6. The van der Waals surface area contributed by atoms with Gasteiger partial charge in [0, 0.05) is 6.61 Å². The van der Waals surface area contributed by atoms with E-state index < -0.39 is 0 Å². The molecule has 2 atom stereocenters. The second kappa shape index (κ2) is 3.48. The van der Waals surface area contributed by atoms with Crippen LogP contribution in [-0.4, -0.2) is 25.3 Å². The van der Waals surface area contributed by atoms with Crippen LogP contribution in [0.5, 0.6) is 0 Å². The SMILES string of the molecule is COC(=O)C[C@]12CCC(C)(C)[C@H]1CCO2. The minimum absolute atomic E-state index is 0.139. The maximum atomic E-state index is 11.4. The number of carbonyl (C=O) groups excluding carboxylic acids is 1. The van der Waals surface area contributed by atoms with E-state index in [0.717, 1.165) is 25.9 Å². The standard InChI is InChI=1S/C12H20O3/c1-11(2)5-6-12(8-10(13)14-3)9(11)4-7-15-12/h9H,4-8H2,1-3H3/t9-,12-/m1/s1. The van der Waals surface area contributed by atoms with Gasteiger partial charge in [-0.3, -0.25) is 4.79 Å². The van der Waals surface area contributed by atoms with E-state index in [1.165, 1.54) is 7.11 Å². The Labute approximate surface area is 91.1 Å². The molecule has 0 amide bonds. The van der Waals surface area contributed by atoms with Crippen LogP contribution in [0.25, 0.3) is 0 Å². The second-order valence-electron chi connectivity index (χ2n) is 5.50. The van der Waals surface area contributed by atoms with Crippen molar-refractivity contribution in [2.45, 2.75) is 45.1 Å². The highest BCUT2D eigenvalue weighted by atomic mass is 16.5. The fourth-order valence-electron chi connectivity index (χ4n) is 3.38. The molecule has 86 valence electrons. The van der Waals surface area contributed by atoms with Crippen molar-refractivity contribution in [2.24, 2.45) is 11.3 Å². The van der Waals surface area contributed by atoms with Gasteiger partial charge < -0.3 is 9.47 Å². The van der Waals surface area contributed by atoms with Crippen molar-refractivity contribution in [3.8, 4) is 0 Å². The molecule has 0 unspecified atom stereocenters. The molecule has 1 saturated heterocycles. The fraction of sp³-hybridized carbons (Fsp3) is 0.917. The lowest BCUT2D eigenvalue weighted by atomic mass is 9.75. The summed E-state index contributed by atoms with van der Waals surface area (Å²) in [5.74, 6) is 0.378. The molecule has 0 aromatic heterocycles. The molecular weight excluding hydrogens is 192 g/mol. The lowest BCUT2D eigenvalue weighted by molar-refractivity contribution is -0.148. The molecule has 1 aliphatic heterocycles. The van der Waals surface area contributed by atoms with E-state index >= 15 is 0 Å². The Morgan fingerprint density at radius 3 is 2.87 bits per heavy atom. The van der Waals surface area contributed by atoms with Crippen LogP contribution in [0.1, 0.15) is 39.5 Å². The minimum atomic E-state index is -0.212. The van der Waals surface area contributed by atoms with Crippen LogP contribution in [0.3, 0.4) is 0 Å². The first-order valence-electron chi connectivity index (χ1n) is 5.71. The summed E-state index contributed by atoms with van der Waals surface area (Å²) >= 11 is 0. The monoisotopic (exact) mass is 212 g/mol. The highest BCUT2D eigenvalue weighted by Gasteiger charge is 2.56. The van der Waals surface area contributed by atoms with Gasteiger partial charge in [-0.25, -0.2) is 0 Å². The van der Waals surface area contributed by atoms with Gasteiger partial charge in [0.25, 0.3) is 0 Å². The molecule has 0 bridgehead atoms. The van der Waals surface area contributed by atoms with Crippen LogP contribution in [-0.2, 0) is 14.3 Å². The molecule has 0 aromatic carbocycles. The summed E-state index contributed by atoms with van der Waals surface area (Å²) in [4.78, 5) is 11.4. The predicted molar refractivity (Wildman–Crippen MR) is 56.4 cm³/mol. The Kier molecular flexibility index (Phi) is 2.53. The van der Waals surface area contributed by atoms with E-state index in [4.69, 9.17) is 9.47 Å². The van der Waals surface area contributed by atoms with Crippen molar-refractivity contribution in [3.05, 3.63) is 0 Å². The summed E-state index contributed by atoms with van der Waals surface area (Å²) in [5, 5.41) is 0. The first-order chi connectivity index (χ1) is 7.00. The quantitative estimate of drug-likeness (QED) is 0.658. The van der Waals surface area contributed by atoms with Crippen LogP contribution in [0.4, 0.5) is 0 Å². The van der Waals surface area contributed by atoms with Crippen molar-refractivity contribution in [2.75, 3.05) is 13.7 Å². The van der Waals surface area contributed by atoms with E-state index in [1.54, 1.807) is 0 Å². The summed E-state index contributed by atoms with van der Waals surface area (Å²) in [6, 6.07) is 0. The maximum Gasteiger partial charge on any atom is 0.308 e. The van der Waals surface area contributed by atoms with Crippen molar-refractivity contribution < 1.29 is 14.3 Å². The number of esters is 1. The Morgan fingerprint density at radius 1 is 1.47 bits per heavy atom. The number of rotatable bonds is 2. The van der Waals surface area contributed by atoms with Crippen molar-refractivity contribution in [1.29, 1.82) is 0 Å². The van der Waals surface area contributed by atoms with Crippen LogP contribution in [0, 0.1) is 11.3 Å². The molecule has 2 fully saturated rings. The third kappa shape index (κ3) is 1.67. The number of hydrogen-bond acceptors (Lipinski definition) is 3. The average molecular weight is 212 g/mol. The first kappa shape index (κ1) is 10.9. The first-order valence-corrected chi connectivity index (χ1v) is 5.71. The molecular formula is C12H20O3. The van der Waals surface area contributed by atoms with Gasteiger partial charge in [-0.05, 0) is 30.6 Å². The number of methoxy groups -OCH3 is 1. The third-order valence-corrected chi connectivity index (χ3v) is 4.24. The van der Waals surface area contributed by atoms with Crippen LogP contribution in [0.2, 0.25) is 0 Å². The second-order valence-corrected chi connectivity index (χ2v) is 5.50. The summed E-state index contributed by atoms with van der Waals surface area (Å²) in [6.07, 6.45) is 3.66. The van der Waals surface area contributed by atoms with E-state index in [9.17, 15) is 4.79 Å². The smallest absolute Gasteiger partial charge is 0.308 e. The molecule has 0 spiro atoms. The van der Waals surface area contributed by atoms with Gasteiger partial charge in [0.05, 0.1) is 19.1 Å². The molecule has 0 radical (unpaired) electrons. The van der Waals surface area contributed by atoms with E-state index in [-0.39, 0.29) is 11.6 Å². The Bertz CT molecular complexity index is 272. The van der Waals surface area contributed by atoms with Crippen molar-refractivity contribution in [1.82, 2.24) is 0 Å². The maximum absolute atomic E-state index is 11.4. The number of hydrogen-bond donors (Lipinski definition) is 0. The molecule has 2 rings (SSSR count). The molecule has 0 N–H and O–H groups in total. The predicted octanol–water partition coefficient (Wildman–Crippen LogP) is 2.14. The van der Waals surface area contributed by atoms with Gasteiger partial charge in [0.2, 0.25) is 0 Å². The largest absolute Gasteiger partial charge is 0.469 e. The van der Waals surface area contributed by atoms with Crippen LogP contribution >= 0.6 is 0 Å². The zero-order chi connectivity index (χ0) is 11.1. The van der Waals surface area contributed by atoms with Crippen molar-refractivity contribution in [3.63, 3.8) is 0 Å². The normalized spacial score (nSPS) is 37.7. The van der Waals surface area contributed by atoms with E-state index in [0.29, 0.717) is 17.8 Å². The lowest BCUT2D eigenvalue weighted by Gasteiger charge is -2.32. The van der Waals surface area contributed by atoms with E-state index in [1.807, 2.05) is 0 Å². The third-order valence-electron chi connectivity index (χ3n) is 4.24. The molecule has 1 heterocycles. The fourth-order valence-corrected chi connectivity index (χ4v) is 3.38. The number of carbonyl (C=O) groups is 1. The van der Waals surface area contributed by atoms with E-state index in [2.05, 4.69) is 13.8 Å². The van der Waals surface area contributed by atoms with Crippen LogP contribution < -0.4 is 0 Å². The number of fused-ring (bicyclic) bond motifs is 1. The zero-order valence-corrected chi connectivity index (χ0v) is 9.84. The zero-order valence-electron chi connectivity index (χ0n) is 9.84. The molecule has 1 aliphatic carbocycles. The summed E-state index contributed by atoms with van der Waals surface area (Å²) in [6.45, 7) is 5.36. The van der Waals surface area contributed by atoms with Crippen LogP contribution in [0.15, 0.2) is 0 Å². The van der Waals surface area contributed by atoms with Crippen molar-refractivity contribution >= 4 is 5.97 Å². The van der Waals surface area contributed by atoms with Gasteiger partial charge in [-0.15, -0.1) is 0 Å². The highest BCUT2D eigenvalue weighted by Crippen LogP contribution is 2.56. The summed E-state index contributed by atoms with van der Waals surface area (Å²) in [5.41, 5.74) is 0.0983. The number of ether oxygens (including phenoxy) is 2. The minimum Gasteiger partial charge on any atom is -0.469 e. The highest BCUT2D eigenvalue weighted by molar-refractivity contribution is 5.70. The van der Waals surface area contributed by atoms with Gasteiger partial charge >= 0.3 is 5.97 Å². The lowest BCUT2D eigenvalue weighted by Crippen LogP contribution is -2.37. The van der Waals surface area contributed by atoms with Gasteiger partial charge in [0.15, 0.2) is 0 Å². The molecule has 0 aromatic rings. The topological polar surface area (TPSA) is 35.5 Å². The Balaban J connectivity index is 2.17. The molecule has 2 aliphatic rings. The van der Waals surface area contributed by atoms with Gasteiger partial charge in [0.1, 0.15) is 0 Å². The Hall–Kier alpha value is -0.570. The molecule has 3 nitrogen and oxygen atoms in total. The molecule has 1 saturated carbocycles. The summed E-state index contributed by atoms with van der Waals surface area (Å²) in [7, 11) is 1.45. The van der Waals surface area contributed by atoms with Gasteiger partial charge in [-0.1, -0.05) is 13.8 Å². The van der Waals surface area contributed by atoms with Gasteiger partial charge in [-0.2, -0.15) is 0 Å². The Morgan fingerprint density at radius 2 is 2.20 bits per heavy atom. The molecule has 15 heavy (non-hydrogen) atoms. The molecule has 3 heteroatoms. The average Bonchev–Trinajstić information content (AvgIpc) is 2.68.